The summed E-state index contributed by atoms with van der Waals surface area (Å²) >= 11 is 3.47. The third kappa shape index (κ3) is 1.60. The number of hydrogen-bond acceptors (Lipinski definition) is 2. The SMILES string of the molecule is CC(O)(c1ccccc1Br)C1CNC1. The van der Waals surface area contributed by atoms with E-state index >= 15 is 0 Å². The maximum atomic E-state index is 10.4. The molecule has 0 saturated carbocycles. The van der Waals surface area contributed by atoms with Crippen LogP contribution in [-0.4, -0.2) is 18.2 Å². The molecule has 1 aliphatic heterocycles. The Bertz CT molecular complexity index is 334. The number of aliphatic hydroxyl groups is 1. The van der Waals surface area contributed by atoms with Crippen LogP contribution in [0.1, 0.15) is 12.5 Å². The standard InChI is InChI=1S/C11H14BrNO/c1-11(14,8-6-13-7-8)9-4-2-3-5-10(9)12/h2-5,8,13-14H,6-7H2,1H3. The molecule has 1 fully saturated rings. The van der Waals surface area contributed by atoms with E-state index in [1.807, 2.05) is 31.2 Å². The molecule has 2 rings (SSSR count). The van der Waals surface area contributed by atoms with Crippen molar-refractivity contribution < 1.29 is 5.11 Å². The number of hydrogen-bond donors (Lipinski definition) is 2. The second-order valence-corrected chi connectivity index (χ2v) is 4.84. The van der Waals surface area contributed by atoms with Gasteiger partial charge in [-0.25, -0.2) is 0 Å². The molecule has 1 aromatic carbocycles. The van der Waals surface area contributed by atoms with Crippen molar-refractivity contribution in [3.8, 4) is 0 Å². The zero-order valence-corrected chi connectivity index (χ0v) is 9.71. The summed E-state index contributed by atoms with van der Waals surface area (Å²) in [5.41, 5.74) is 0.247. The third-order valence-corrected chi connectivity index (χ3v) is 3.69. The van der Waals surface area contributed by atoms with Crippen molar-refractivity contribution in [2.75, 3.05) is 13.1 Å². The molecule has 2 nitrogen and oxygen atoms in total. The molecule has 0 spiro atoms. The molecule has 1 unspecified atom stereocenters. The molecular formula is C11H14BrNO. The predicted molar refractivity (Wildman–Crippen MR) is 60.1 cm³/mol. The average molecular weight is 256 g/mol. The van der Waals surface area contributed by atoms with Gasteiger partial charge in [0.2, 0.25) is 0 Å². The summed E-state index contributed by atoms with van der Waals surface area (Å²) in [6.07, 6.45) is 0. The van der Waals surface area contributed by atoms with E-state index in [0.29, 0.717) is 5.92 Å². The van der Waals surface area contributed by atoms with Crippen LogP contribution in [0.15, 0.2) is 28.7 Å². The van der Waals surface area contributed by atoms with E-state index in [-0.39, 0.29) is 0 Å². The lowest BCUT2D eigenvalue weighted by Gasteiger charge is -2.40. The fourth-order valence-corrected chi connectivity index (χ4v) is 2.46. The van der Waals surface area contributed by atoms with Crippen molar-refractivity contribution in [3.63, 3.8) is 0 Å². The highest BCUT2D eigenvalue weighted by Crippen LogP contribution is 2.35. The highest BCUT2D eigenvalue weighted by molar-refractivity contribution is 9.10. The molecule has 76 valence electrons. The summed E-state index contributed by atoms with van der Waals surface area (Å²) in [5.74, 6) is 0.321. The summed E-state index contributed by atoms with van der Waals surface area (Å²) in [6, 6.07) is 7.86. The van der Waals surface area contributed by atoms with E-state index in [0.717, 1.165) is 23.1 Å². The van der Waals surface area contributed by atoms with E-state index < -0.39 is 5.60 Å². The van der Waals surface area contributed by atoms with Crippen molar-refractivity contribution in [1.82, 2.24) is 5.32 Å². The van der Waals surface area contributed by atoms with Crippen molar-refractivity contribution >= 4 is 15.9 Å². The number of halogens is 1. The minimum atomic E-state index is -0.731. The Kier molecular flexibility index (Phi) is 2.64. The first-order chi connectivity index (χ1) is 6.62. The first kappa shape index (κ1) is 10.1. The van der Waals surface area contributed by atoms with Gasteiger partial charge in [-0.05, 0) is 18.6 Å². The average Bonchev–Trinajstić information content (AvgIpc) is 2.00. The van der Waals surface area contributed by atoms with E-state index in [1.165, 1.54) is 0 Å². The van der Waals surface area contributed by atoms with Gasteiger partial charge in [-0.2, -0.15) is 0 Å². The molecule has 14 heavy (non-hydrogen) atoms. The fraction of sp³-hybridized carbons (Fsp3) is 0.455. The number of rotatable bonds is 2. The van der Waals surface area contributed by atoms with Gasteiger partial charge in [0.1, 0.15) is 0 Å². The van der Waals surface area contributed by atoms with Crippen LogP contribution in [0.2, 0.25) is 0 Å². The summed E-state index contributed by atoms with van der Waals surface area (Å²) in [6.45, 7) is 3.68. The molecule has 1 atom stereocenters. The zero-order chi connectivity index (χ0) is 10.2. The highest BCUT2D eigenvalue weighted by atomic mass is 79.9. The summed E-state index contributed by atoms with van der Waals surface area (Å²) < 4.78 is 0.983. The van der Waals surface area contributed by atoms with Gasteiger partial charge in [0.25, 0.3) is 0 Å². The highest BCUT2D eigenvalue weighted by Gasteiger charge is 2.38. The van der Waals surface area contributed by atoms with Crippen LogP contribution in [0.3, 0.4) is 0 Å². The van der Waals surface area contributed by atoms with Gasteiger partial charge in [-0.3, -0.25) is 0 Å². The van der Waals surface area contributed by atoms with Crippen molar-refractivity contribution in [3.05, 3.63) is 34.3 Å². The van der Waals surface area contributed by atoms with Gasteiger partial charge >= 0.3 is 0 Å². The Labute approximate surface area is 92.5 Å². The lowest BCUT2D eigenvalue weighted by molar-refractivity contribution is -0.0285. The Hall–Kier alpha value is -0.380. The monoisotopic (exact) mass is 255 g/mol. The molecule has 1 saturated heterocycles. The predicted octanol–water partition coefficient (Wildman–Crippen LogP) is 1.88. The van der Waals surface area contributed by atoms with Gasteiger partial charge in [0.05, 0.1) is 5.60 Å². The maximum Gasteiger partial charge on any atom is 0.0931 e. The van der Waals surface area contributed by atoms with Crippen LogP contribution in [0.5, 0.6) is 0 Å². The van der Waals surface area contributed by atoms with E-state index in [1.54, 1.807) is 0 Å². The first-order valence-electron chi connectivity index (χ1n) is 4.80. The summed E-state index contributed by atoms with van der Waals surface area (Å²) in [4.78, 5) is 0. The molecule has 0 amide bonds. The van der Waals surface area contributed by atoms with Crippen LogP contribution in [0.4, 0.5) is 0 Å². The summed E-state index contributed by atoms with van der Waals surface area (Å²) in [7, 11) is 0. The quantitative estimate of drug-likeness (QED) is 0.846. The van der Waals surface area contributed by atoms with Gasteiger partial charge < -0.3 is 10.4 Å². The largest absolute Gasteiger partial charge is 0.385 e. The molecule has 1 heterocycles. The molecule has 0 radical (unpaired) electrons. The normalized spacial score (nSPS) is 21.4. The molecule has 0 aromatic heterocycles. The molecule has 1 aliphatic rings. The third-order valence-electron chi connectivity index (χ3n) is 3.00. The van der Waals surface area contributed by atoms with E-state index in [9.17, 15) is 5.11 Å². The first-order valence-corrected chi connectivity index (χ1v) is 5.60. The van der Waals surface area contributed by atoms with Crippen LogP contribution in [0, 0.1) is 5.92 Å². The zero-order valence-electron chi connectivity index (χ0n) is 8.13. The Balaban J connectivity index is 2.32. The fourth-order valence-electron chi connectivity index (χ4n) is 1.78. The molecule has 3 heteroatoms. The van der Waals surface area contributed by atoms with Crippen molar-refractivity contribution in [2.24, 2.45) is 5.92 Å². The van der Waals surface area contributed by atoms with Crippen molar-refractivity contribution in [1.29, 1.82) is 0 Å². The molecular weight excluding hydrogens is 242 g/mol. The van der Waals surface area contributed by atoms with E-state index in [4.69, 9.17) is 0 Å². The molecule has 0 bridgehead atoms. The summed E-state index contributed by atoms with van der Waals surface area (Å²) in [5, 5.41) is 13.6. The Morgan fingerprint density at radius 3 is 2.57 bits per heavy atom. The Morgan fingerprint density at radius 2 is 2.07 bits per heavy atom. The minimum absolute atomic E-state index is 0.321. The molecule has 2 N–H and O–H groups in total. The number of benzene rings is 1. The van der Waals surface area contributed by atoms with Gasteiger partial charge in [0, 0.05) is 23.5 Å². The second-order valence-electron chi connectivity index (χ2n) is 3.98. The van der Waals surface area contributed by atoms with Crippen LogP contribution < -0.4 is 5.32 Å². The topological polar surface area (TPSA) is 32.3 Å². The Morgan fingerprint density at radius 1 is 1.43 bits per heavy atom. The molecule has 1 aromatic rings. The van der Waals surface area contributed by atoms with Gasteiger partial charge in [-0.15, -0.1) is 0 Å². The molecule has 0 aliphatic carbocycles. The van der Waals surface area contributed by atoms with Gasteiger partial charge in [-0.1, -0.05) is 34.1 Å². The smallest absolute Gasteiger partial charge is 0.0931 e. The number of nitrogens with one attached hydrogen (secondary N) is 1. The minimum Gasteiger partial charge on any atom is -0.385 e. The van der Waals surface area contributed by atoms with Crippen LogP contribution >= 0.6 is 15.9 Å². The van der Waals surface area contributed by atoms with Crippen molar-refractivity contribution in [2.45, 2.75) is 12.5 Å². The lowest BCUT2D eigenvalue weighted by atomic mass is 9.79. The second kappa shape index (κ2) is 3.65. The van der Waals surface area contributed by atoms with Crippen LogP contribution in [-0.2, 0) is 5.60 Å². The maximum absolute atomic E-state index is 10.4. The van der Waals surface area contributed by atoms with Gasteiger partial charge in [0.15, 0.2) is 0 Å². The van der Waals surface area contributed by atoms with Crippen LogP contribution in [0.25, 0.3) is 0 Å². The van der Waals surface area contributed by atoms with E-state index in [2.05, 4.69) is 21.2 Å². The lowest BCUT2D eigenvalue weighted by Crippen LogP contribution is -2.52.